The number of carbonyl (C=O) groups is 1. The van der Waals surface area contributed by atoms with Crippen LogP contribution in [0.2, 0.25) is 0 Å². The maximum absolute atomic E-state index is 12.4. The number of carbonyl (C=O) groups excluding carboxylic acids is 1. The van der Waals surface area contributed by atoms with Gasteiger partial charge in [0.2, 0.25) is 0 Å². The number of urea groups is 1. The monoisotopic (exact) mass is 356 g/mol. The number of anilines is 1. The van der Waals surface area contributed by atoms with Crippen LogP contribution in [0.5, 0.6) is 0 Å². The van der Waals surface area contributed by atoms with Gasteiger partial charge >= 0.3 is 6.03 Å². The van der Waals surface area contributed by atoms with Crippen molar-refractivity contribution in [2.45, 2.75) is 24.8 Å². The van der Waals surface area contributed by atoms with Crippen LogP contribution in [-0.2, 0) is 19.3 Å². The molecule has 1 aromatic carbocycles. The van der Waals surface area contributed by atoms with Crippen LogP contribution < -0.4 is 5.32 Å². The number of nitrogens with zero attached hydrogens (tertiary/aromatic N) is 1. The molecule has 0 aliphatic carbocycles. The highest BCUT2D eigenvalue weighted by molar-refractivity contribution is 7.90. The zero-order valence-corrected chi connectivity index (χ0v) is 15.1. The minimum atomic E-state index is -3.34. The molecule has 8 heteroatoms. The average molecular weight is 356 g/mol. The molecular formula is C16H24N2O5S. The molecule has 0 saturated carbocycles. The quantitative estimate of drug-likeness (QED) is 0.867. The molecule has 0 bridgehead atoms. The SMILES string of the molecule is CCOCC1CN(C(=O)Nc2ccc(C)c(S(C)(=O)=O)c2)CCO1. The number of hydrogen-bond acceptors (Lipinski definition) is 5. The Balaban J connectivity index is 2.04. The Bertz CT molecular complexity index is 690. The van der Waals surface area contributed by atoms with Crippen molar-refractivity contribution in [3.8, 4) is 0 Å². The van der Waals surface area contributed by atoms with Gasteiger partial charge in [-0.2, -0.15) is 0 Å². The van der Waals surface area contributed by atoms with Crippen LogP contribution in [0.25, 0.3) is 0 Å². The summed E-state index contributed by atoms with van der Waals surface area (Å²) >= 11 is 0. The summed E-state index contributed by atoms with van der Waals surface area (Å²) in [6.45, 7) is 6.06. The van der Waals surface area contributed by atoms with E-state index >= 15 is 0 Å². The van der Waals surface area contributed by atoms with E-state index < -0.39 is 9.84 Å². The maximum Gasteiger partial charge on any atom is 0.322 e. The number of sulfone groups is 1. The smallest absolute Gasteiger partial charge is 0.322 e. The fourth-order valence-electron chi connectivity index (χ4n) is 2.53. The highest BCUT2D eigenvalue weighted by atomic mass is 32.2. The lowest BCUT2D eigenvalue weighted by Gasteiger charge is -2.32. The summed E-state index contributed by atoms with van der Waals surface area (Å²) in [5, 5.41) is 2.75. The summed E-state index contributed by atoms with van der Waals surface area (Å²) in [6.07, 6.45) is 1.01. The normalized spacial score (nSPS) is 18.5. The minimum absolute atomic E-state index is 0.144. The van der Waals surface area contributed by atoms with Crippen LogP contribution in [-0.4, -0.2) is 64.6 Å². The lowest BCUT2D eigenvalue weighted by molar-refractivity contribution is -0.0555. The summed E-state index contributed by atoms with van der Waals surface area (Å²) in [7, 11) is -3.34. The second-order valence-electron chi connectivity index (χ2n) is 5.78. The van der Waals surface area contributed by atoms with Crippen molar-refractivity contribution in [2.24, 2.45) is 0 Å². The van der Waals surface area contributed by atoms with Crippen LogP contribution in [0, 0.1) is 6.92 Å². The minimum Gasteiger partial charge on any atom is -0.379 e. The fraction of sp³-hybridized carbons (Fsp3) is 0.562. The van der Waals surface area contributed by atoms with E-state index in [0.717, 1.165) is 6.26 Å². The van der Waals surface area contributed by atoms with Gasteiger partial charge in [-0.15, -0.1) is 0 Å². The summed E-state index contributed by atoms with van der Waals surface area (Å²) in [5.41, 5.74) is 1.11. The van der Waals surface area contributed by atoms with Crippen LogP contribution >= 0.6 is 0 Å². The number of morpholine rings is 1. The zero-order valence-electron chi connectivity index (χ0n) is 14.2. The number of amides is 2. The molecule has 1 aliphatic rings. The van der Waals surface area contributed by atoms with Crippen molar-refractivity contribution in [3.05, 3.63) is 23.8 Å². The van der Waals surface area contributed by atoms with E-state index in [1.165, 1.54) is 6.07 Å². The summed E-state index contributed by atoms with van der Waals surface area (Å²) < 4.78 is 34.5. The molecule has 7 nitrogen and oxygen atoms in total. The number of rotatable bonds is 5. The predicted octanol–water partition coefficient (Wildman–Crippen LogP) is 1.67. The van der Waals surface area contributed by atoms with Gasteiger partial charge in [0.15, 0.2) is 9.84 Å². The molecule has 0 aromatic heterocycles. The van der Waals surface area contributed by atoms with Gasteiger partial charge in [0.1, 0.15) is 0 Å². The van der Waals surface area contributed by atoms with Gasteiger partial charge in [-0.1, -0.05) is 6.07 Å². The fourth-order valence-corrected chi connectivity index (χ4v) is 3.53. The van der Waals surface area contributed by atoms with Gasteiger partial charge in [0.05, 0.1) is 30.8 Å². The second kappa shape index (κ2) is 7.96. The van der Waals surface area contributed by atoms with Crippen molar-refractivity contribution >= 4 is 21.6 Å². The Morgan fingerprint density at radius 1 is 1.46 bits per heavy atom. The molecule has 134 valence electrons. The number of ether oxygens (including phenoxy) is 2. The van der Waals surface area contributed by atoms with Crippen LogP contribution in [0.4, 0.5) is 10.5 Å². The van der Waals surface area contributed by atoms with Gasteiger partial charge in [-0.05, 0) is 31.5 Å². The van der Waals surface area contributed by atoms with Crippen molar-refractivity contribution in [2.75, 3.05) is 44.5 Å². The van der Waals surface area contributed by atoms with Gasteiger partial charge in [0.25, 0.3) is 0 Å². The number of nitrogens with one attached hydrogen (secondary N) is 1. The van der Waals surface area contributed by atoms with E-state index in [-0.39, 0.29) is 17.0 Å². The third kappa shape index (κ3) is 4.93. The zero-order chi connectivity index (χ0) is 17.7. The van der Waals surface area contributed by atoms with Gasteiger partial charge in [-0.25, -0.2) is 13.2 Å². The highest BCUT2D eigenvalue weighted by Gasteiger charge is 2.24. The molecule has 0 spiro atoms. The molecule has 0 radical (unpaired) electrons. The number of benzene rings is 1. The van der Waals surface area contributed by atoms with Gasteiger partial charge in [0, 0.05) is 25.1 Å². The maximum atomic E-state index is 12.4. The van der Waals surface area contributed by atoms with Crippen molar-refractivity contribution in [1.82, 2.24) is 4.90 Å². The summed E-state index contributed by atoms with van der Waals surface area (Å²) in [4.78, 5) is 14.3. The van der Waals surface area contributed by atoms with Gasteiger partial charge < -0.3 is 19.7 Å². The van der Waals surface area contributed by atoms with Gasteiger partial charge in [-0.3, -0.25) is 0 Å². The molecule has 2 amide bonds. The average Bonchev–Trinajstić information content (AvgIpc) is 2.54. The van der Waals surface area contributed by atoms with Crippen LogP contribution in [0.3, 0.4) is 0 Å². The Labute approximate surface area is 142 Å². The van der Waals surface area contributed by atoms with E-state index in [1.807, 2.05) is 6.92 Å². The first-order valence-corrected chi connectivity index (χ1v) is 9.76. The molecule has 1 atom stereocenters. The lowest BCUT2D eigenvalue weighted by Crippen LogP contribution is -2.48. The Kier molecular flexibility index (Phi) is 6.20. The number of hydrogen-bond donors (Lipinski definition) is 1. The largest absolute Gasteiger partial charge is 0.379 e. The first kappa shape index (κ1) is 18.7. The molecule has 1 N–H and O–H groups in total. The summed E-state index contributed by atoms with van der Waals surface area (Å²) in [5.74, 6) is 0. The Morgan fingerprint density at radius 2 is 2.21 bits per heavy atom. The molecule has 24 heavy (non-hydrogen) atoms. The van der Waals surface area contributed by atoms with Crippen molar-refractivity contribution < 1.29 is 22.7 Å². The molecular weight excluding hydrogens is 332 g/mol. The van der Waals surface area contributed by atoms with Crippen molar-refractivity contribution in [1.29, 1.82) is 0 Å². The molecule has 1 saturated heterocycles. The molecule has 1 heterocycles. The van der Waals surface area contributed by atoms with E-state index in [0.29, 0.717) is 44.2 Å². The van der Waals surface area contributed by atoms with E-state index in [1.54, 1.807) is 24.0 Å². The first-order chi connectivity index (χ1) is 11.3. The topological polar surface area (TPSA) is 84.9 Å². The molecule has 2 rings (SSSR count). The second-order valence-corrected chi connectivity index (χ2v) is 7.77. The third-order valence-electron chi connectivity index (χ3n) is 3.77. The Hall–Kier alpha value is -1.64. The number of aryl methyl sites for hydroxylation is 1. The lowest BCUT2D eigenvalue weighted by atomic mass is 10.2. The highest BCUT2D eigenvalue weighted by Crippen LogP contribution is 2.20. The Morgan fingerprint density at radius 3 is 2.88 bits per heavy atom. The molecule has 1 fully saturated rings. The molecule has 1 aromatic rings. The van der Waals surface area contributed by atoms with Crippen molar-refractivity contribution in [3.63, 3.8) is 0 Å². The summed E-state index contributed by atoms with van der Waals surface area (Å²) in [6, 6.07) is 4.59. The third-order valence-corrected chi connectivity index (χ3v) is 5.01. The molecule has 1 aliphatic heterocycles. The standard InChI is InChI=1S/C16H24N2O5S/c1-4-22-11-14-10-18(7-8-23-14)16(19)17-13-6-5-12(2)15(9-13)24(3,20)21/h5-6,9,14H,4,7-8,10-11H2,1-3H3,(H,17,19). The molecule has 1 unspecified atom stereocenters. The van der Waals surface area contributed by atoms with Crippen LogP contribution in [0.1, 0.15) is 12.5 Å². The van der Waals surface area contributed by atoms with Crippen LogP contribution in [0.15, 0.2) is 23.1 Å². The first-order valence-electron chi connectivity index (χ1n) is 7.87. The van der Waals surface area contributed by atoms with E-state index in [2.05, 4.69) is 5.32 Å². The van der Waals surface area contributed by atoms with E-state index in [4.69, 9.17) is 9.47 Å². The van der Waals surface area contributed by atoms with E-state index in [9.17, 15) is 13.2 Å². The predicted molar refractivity (Wildman–Crippen MR) is 91.1 cm³/mol.